The highest BCUT2D eigenvalue weighted by atomic mass is 16.4. The molecule has 0 radical (unpaired) electrons. The van der Waals surface area contributed by atoms with Gasteiger partial charge >= 0.3 is 5.97 Å². The van der Waals surface area contributed by atoms with Crippen molar-refractivity contribution in [3.05, 3.63) is 41.2 Å². The first-order valence-corrected chi connectivity index (χ1v) is 5.67. The van der Waals surface area contributed by atoms with Gasteiger partial charge in [-0.15, -0.1) is 0 Å². The van der Waals surface area contributed by atoms with E-state index in [0.717, 1.165) is 28.7 Å². The monoisotopic (exact) mass is 228 g/mol. The molecule has 2 aromatic rings. The van der Waals surface area contributed by atoms with Crippen LogP contribution in [0.1, 0.15) is 23.3 Å². The maximum absolute atomic E-state index is 10.6. The molecule has 0 bridgehead atoms. The van der Waals surface area contributed by atoms with E-state index in [4.69, 9.17) is 9.52 Å². The number of hydrogen-bond acceptors (Lipinski definition) is 2. The van der Waals surface area contributed by atoms with Gasteiger partial charge in [-0.3, -0.25) is 4.79 Å². The Bertz CT molecular complexity index is 620. The van der Waals surface area contributed by atoms with Crippen LogP contribution in [-0.2, 0) is 17.6 Å². The van der Waals surface area contributed by atoms with Gasteiger partial charge in [-0.25, -0.2) is 0 Å². The van der Waals surface area contributed by atoms with Crippen LogP contribution in [0.2, 0.25) is 0 Å². The van der Waals surface area contributed by atoms with Gasteiger partial charge in [0, 0.05) is 17.4 Å². The zero-order valence-electron chi connectivity index (χ0n) is 9.27. The Kier molecular flexibility index (Phi) is 2.25. The fraction of sp³-hybridized carbons (Fsp3) is 0.214. The van der Waals surface area contributed by atoms with E-state index in [1.165, 1.54) is 5.56 Å². The number of aryl methyl sites for hydroxylation is 1. The van der Waals surface area contributed by atoms with Crippen LogP contribution in [0.4, 0.5) is 0 Å². The van der Waals surface area contributed by atoms with E-state index < -0.39 is 5.97 Å². The molecule has 0 fully saturated rings. The van der Waals surface area contributed by atoms with Crippen LogP contribution in [0.3, 0.4) is 0 Å². The van der Waals surface area contributed by atoms with Crippen molar-refractivity contribution in [2.45, 2.75) is 19.3 Å². The summed E-state index contributed by atoms with van der Waals surface area (Å²) in [6.07, 6.45) is 5.63. The van der Waals surface area contributed by atoms with Crippen LogP contribution in [0.15, 0.2) is 28.7 Å². The summed E-state index contributed by atoms with van der Waals surface area (Å²) in [7, 11) is 0. The second-order valence-corrected chi connectivity index (χ2v) is 4.24. The molecule has 0 amide bonds. The fourth-order valence-corrected chi connectivity index (χ4v) is 2.31. The average Bonchev–Trinajstić information content (AvgIpc) is 2.86. The van der Waals surface area contributed by atoms with Crippen molar-refractivity contribution in [2.75, 3.05) is 0 Å². The molecule has 1 N–H and O–H groups in total. The maximum atomic E-state index is 10.6. The van der Waals surface area contributed by atoms with Crippen LogP contribution in [0.5, 0.6) is 0 Å². The smallest absolute Gasteiger partial charge is 0.303 e. The van der Waals surface area contributed by atoms with Gasteiger partial charge in [0.2, 0.25) is 0 Å². The number of para-hydroxylation sites is 1. The highest BCUT2D eigenvalue weighted by Crippen LogP contribution is 2.33. The molecule has 0 aliphatic heterocycles. The van der Waals surface area contributed by atoms with Gasteiger partial charge in [0.1, 0.15) is 11.3 Å². The molecule has 0 unspecified atom stereocenters. The summed E-state index contributed by atoms with van der Waals surface area (Å²) in [5.41, 5.74) is 3.05. The lowest BCUT2D eigenvalue weighted by Crippen LogP contribution is -1.97. The molecule has 0 saturated heterocycles. The molecule has 0 spiro atoms. The first-order chi connectivity index (χ1) is 8.25. The number of aliphatic carboxylic acids is 1. The Balaban J connectivity index is 2.07. The van der Waals surface area contributed by atoms with Gasteiger partial charge in [0.25, 0.3) is 0 Å². The lowest BCUT2D eigenvalue weighted by molar-refractivity contribution is -0.136. The molecule has 0 atom stereocenters. The number of benzene rings is 1. The topological polar surface area (TPSA) is 50.4 Å². The van der Waals surface area contributed by atoms with Gasteiger partial charge < -0.3 is 9.52 Å². The lowest BCUT2D eigenvalue weighted by atomic mass is 10.0. The number of hydrogen-bond donors (Lipinski definition) is 1. The van der Waals surface area contributed by atoms with E-state index in [1.54, 1.807) is 0 Å². The highest BCUT2D eigenvalue weighted by Gasteiger charge is 2.17. The summed E-state index contributed by atoms with van der Waals surface area (Å²) in [6.45, 7) is 0. The Labute approximate surface area is 98.4 Å². The van der Waals surface area contributed by atoms with Crippen LogP contribution in [0.25, 0.3) is 17.0 Å². The third-order valence-electron chi connectivity index (χ3n) is 3.13. The molecule has 1 aliphatic carbocycles. The molecule has 1 aromatic heterocycles. The molecule has 1 heterocycles. The van der Waals surface area contributed by atoms with E-state index in [9.17, 15) is 4.79 Å². The second kappa shape index (κ2) is 3.77. The van der Waals surface area contributed by atoms with Gasteiger partial charge in [0.15, 0.2) is 0 Å². The molecular formula is C14H12O3. The summed E-state index contributed by atoms with van der Waals surface area (Å²) in [5, 5.41) is 9.84. The number of carbonyl (C=O) groups is 1. The van der Waals surface area contributed by atoms with E-state index in [2.05, 4.69) is 6.08 Å². The molecule has 3 heteroatoms. The molecule has 3 rings (SSSR count). The lowest BCUT2D eigenvalue weighted by Gasteiger charge is -2.00. The number of fused-ring (bicyclic) bond motifs is 3. The van der Waals surface area contributed by atoms with Crippen LogP contribution >= 0.6 is 0 Å². The van der Waals surface area contributed by atoms with Crippen molar-refractivity contribution in [1.82, 2.24) is 0 Å². The summed E-state index contributed by atoms with van der Waals surface area (Å²) in [6, 6.07) is 5.94. The summed E-state index contributed by atoms with van der Waals surface area (Å²) >= 11 is 0. The molecule has 17 heavy (non-hydrogen) atoms. The normalized spacial score (nSPS) is 13.2. The third-order valence-corrected chi connectivity index (χ3v) is 3.13. The Hall–Kier alpha value is -2.03. The van der Waals surface area contributed by atoms with Crippen molar-refractivity contribution in [2.24, 2.45) is 0 Å². The van der Waals surface area contributed by atoms with Crippen molar-refractivity contribution in [3.63, 3.8) is 0 Å². The SMILES string of the molecule is O=C(O)CCc1cccc2c3c(oc12)C=CC3. The minimum Gasteiger partial charge on any atom is -0.481 e. The standard InChI is InChI=1S/C14H12O3/c15-13(16)8-7-9-3-1-5-11-10-4-2-6-12(10)17-14(9)11/h1-3,5-6H,4,7-8H2,(H,15,16). The first kappa shape index (κ1) is 10.1. The van der Waals surface area contributed by atoms with E-state index in [0.29, 0.717) is 6.42 Å². The van der Waals surface area contributed by atoms with Crippen LogP contribution in [-0.4, -0.2) is 11.1 Å². The van der Waals surface area contributed by atoms with Crippen molar-refractivity contribution < 1.29 is 14.3 Å². The second-order valence-electron chi connectivity index (χ2n) is 4.24. The summed E-state index contributed by atoms with van der Waals surface area (Å²) in [4.78, 5) is 10.6. The largest absolute Gasteiger partial charge is 0.481 e. The van der Waals surface area contributed by atoms with Gasteiger partial charge in [-0.05, 0) is 24.5 Å². The number of carboxylic acid groups (broad SMARTS) is 1. The highest BCUT2D eigenvalue weighted by molar-refractivity contribution is 5.89. The minimum atomic E-state index is -0.777. The zero-order valence-corrected chi connectivity index (χ0v) is 9.27. The van der Waals surface area contributed by atoms with E-state index in [1.807, 2.05) is 24.3 Å². The zero-order chi connectivity index (χ0) is 11.8. The Morgan fingerprint density at radius 3 is 3.12 bits per heavy atom. The molecule has 86 valence electrons. The first-order valence-electron chi connectivity index (χ1n) is 5.67. The molecule has 1 aromatic carbocycles. The number of allylic oxidation sites excluding steroid dienone is 1. The number of carboxylic acids is 1. The Morgan fingerprint density at radius 1 is 1.41 bits per heavy atom. The summed E-state index contributed by atoms with van der Waals surface area (Å²) in [5.74, 6) is 0.142. The van der Waals surface area contributed by atoms with Gasteiger partial charge in [0.05, 0.1) is 0 Å². The van der Waals surface area contributed by atoms with Crippen molar-refractivity contribution >= 4 is 23.0 Å². The van der Waals surface area contributed by atoms with E-state index >= 15 is 0 Å². The predicted octanol–water partition coefficient (Wildman–Crippen LogP) is 3.02. The van der Waals surface area contributed by atoms with Gasteiger partial charge in [-0.2, -0.15) is 0 Å². The van der Waals surface area contributed by atoms with Crippen molar-refractivity contribution in [1.29, 1.82) is 0 Å². The number of furan rings is 1. The summed E-state index contributed by atoms with van der Waals surface area (Å²) < 4.78 is 5.79. The number of rotatable bonds is 3. The minimum absolute atomic E-state index is 0.139. The van der Waals surface area contributed by atoms with Crippen molar-refractivity contribution in [3.8, 4) is 0 Å². The molecular weight excluding hydrogens is 216 g/mol. The third kappa shape index (κ3) is 1.64. The van der Waals surface area contributed by atoms with E-state index in [-0.39, 0.29) is 6.42 Å². The average molecular weight is 228 g/mol. The quantitative estimate of drug-likeness (QED) is 0.878. The maximum Gasteiger partial charge on any atom is 0.303 e. The Morgan fingerprint density at radius 2 is 2.29 bits per heavy atom. The predicted molar refractivity (Wildman–Crippen MR) is 64.9 cm³/mol. The van der Waals surface area contributed by atoms with Crippen LogP contribution in [0, 0.1) is 0 Å². The van der Waals surface area contributed by atoms with Gasteiger partial charge in [-0.1, -0.05) is 24.3 Å². The molecule has 1 aliphatic rings. The van der Waals surface area contributed by atoms with Crippen LogP contribution < -0.4 is 0 Å². The molecule has 0 saturated carbocycles. The fourth-order valence-electron chi connectivity index (χ4n) is 2.31. The molecule has 3 nitrogen and oxygen atoms in total.